The van der Waals surface area contributed by atoms with Crippen molar-refractivity contribution in [1.29, 1.82) is 0 Å². The molecule has 0 unspecified atom stereocenters. The van der Waals surface area contributed by atoms with E-state index >= 15 is 0 Å². The topological polar surface area (TPSA) is 66.4 Å². The number of nitrogens with one attached hydrogen (secondary N) is 1. The zero-order chi connectivity index (χ0) is 14.5. The number of benzene rings is 1. The summed E-state index contributed by atoms with van der Waals surface area (Å²) in [6.07, 6.45) is 0.717. The summed E-state index contributed by atoms with van der Waals surface area (Å²) in [5, 5.41) is 13.2. The van der Waals surface area contributed by atoms with Gasteiger partial charge in [-0.3, -0.25) is 4.79 Å². The lowest BCUT2D eigenvalue weighted by atomic mass is 10.1. The zero-order valence-electron chi connectivity index (χ0n) is 10.4. The average molecular weight is 293 g/mol. The van der Waals surface area contributed by atoms with Gasteiger partial charge in [0.2, 0.25) is 5.91 Å². The molecule has 1 amide bonds. The van der Waals surface area contributed by atoms with E-state index in [2.05, 4.69) is 5.32 Å². The molecule has 0 fully saturated rings. The molecule has 1 aromatic carbocycles. The first-order valence-corrected chi connectivity index (χ1v) is 6.80. The molecule has 104 valence electrons. The molecule has 6 heteroatoms. The summed E-state index contributed by atoms with van der Waals surface area (Å²) >= 11 is 1.53. The Hall–Kier alpha value is -2.21. The first-order chi connectivity index (χ1) is 9.58. The van der Waals surface area contributed by atoms with E-state index in [1.165, 1.54) is 23.5 Å². The predicted octanol–water partition coefficient (Wildman–Crippen LogP) is 3.16. The van der Waals surface area contributed by atoms with Gasteiger partial charge < -0.3 is 10.4 Å². The van der Waals surface area contributed by atoms with Crippen LogP contribution < -0.4 is 5.32 Å². The summed E-state index contributed by atoms with van der Waals surface area (Å²) in [5.74, 6) is -2.45. The van der Waals surface area contributed by atoms with Crippen LogP contribution in [-0.2, 0) is 11.2 Å². The van der Waals surface area contributed by atoms with Crippen molar-refractivity contribution in [2.45, 2.75) is 12.8 Å². The molecule has 0 spiro atoms. The van der Waals surface area contributed by atoms with E-state index in [-0.39, 0.29) is 17.7 Å². The van der Waals surface area contributed by atoms with Crippen LogP contribution >= 0.6 is 11.3 Å². The van der Waals surface area contributed by atoms with Crippen molar-refractivity contribution in [3.8, 4) is 0 Å². The van der Waals surface area contributed by atoms with Crippen molar-refractivity contribution in [3.63, 3.8) is 0 Å². The molecule has 0 aliphatic rings. The minimum Gasteiger partial charge on any atom is -0.478 e. The summed E-state index contributed by atoms with van der Waals surface area (Å²) in [6.45, 7) is 0. The van der Waals surface area contributed by atoms with E-state index in [1.54, 1.807) is 0 Å². The summed E-state index contributed by atoms with van der Waals surface area (Å²) < 4.78 is 13.6. The molecule has 0 aliphatic carbocycles. The van der Waals surface area contributed by atoms with Crippen LogP contribution in [0.4, 0.5) is 10.1 Å². The Balaban J connectivity index is 2.06. The van der Waals surface area contributed by atoms with Crippen LogP contribution in [0, 0.1) is 5.82 Å². The van der Waals surface area contributed by atoms with E-state index in [0.717, 1.165) is 10.9 Å². The molecule has 1 aromatic heterocycles. The van der Waals surface area contributed by atoms with Crippen molar-refractivity contribution < 1.29 is 19.1 Å². The van der Waals surface area contributed by atoms with Crippen LogP contribution in [0.25, 0.3) is 0 Å². The molecular formula is C14H12FNO3S. The minimum atomic E-state index is -1.28. The highest BCUT2D eigenvalue weighted by Gasteiger charge is 2.16. The lowest BCUT2D eigenvalue weighted by molar-refractivity contribution is -0.116. The van der Waals surface area contributed by atoms with Gasteiger partial charge in [-0.2, -0.15) is 0 Å². The number of carboxylic acid groups (broad SMARTS) is 1. The fourth-order valence-electron chi connectivity index (χ4n) is 1.72. The number of aryl methyl sites for hydroxylation is 1. The van der Waals surface area contributed by atoms with E-state index in [9.17, 15) is 14.0 Å². The van der Waals surface area contributed by atoms with Gasteiger partial charge in [0.15, 0.2) is 0 Å². The Labute approximate surface area is 118 Å². The van der Waals surface area contributed by atoms with Gasteiger partial charge in [-0.05, 0) is 30.0 Å². The fourth-order valence-corrected chi connectivity index (χ4v) is 2.43. The number of amides is 1. The van der Waals surface area contributed by atoms with Gasteiger partial charge in [-0.25, -0.2) is 9.18 Å². The molecule has 0 saturated carbocycles. The van der Waals surface area contributed by atoms with Crippen molar-refractivity contribution in [3.05, 3.63) is 52.0 Å². The van der Waals surface area contributed by atoms with Crippen LogP contribution in [0.1, 0.15) is 21.7 Å². The number of rotatable bonds is 5. The highest BCUT2D eigenvalue weighted by molar-refractivity contribution is 7.09. The third-order valence-electron chi connectivity index (χ3n) is 2.69. The monoisotopic (exact) mass is 293 g/mol. The summed E-state index contributed by atoms with van der Waals surface area (Å²) in [6, 6.07) is 7.45. The molecule has 0 radical (unpaired) electrons. The lowest BCUT2D eigenvalue weighted by Crippen LogP contribution is -2.16. The highest BCUT2D eigenvalue weighted by Crippen LogP contribution is 2.20. The number of thiophene rings is 1. The number of halogens is 1. The largest absolute Gasteiger partial charge is 0.478 e. The SMILES string of the molecule is O=C(CCc1cccs1)Nc1c(F)cccc1C(=O)O. The van der Waals surface area contributed by atoms with Crippen molar-refractivity contribution in [2.24, 2.45) is 0 Å². The number of carbonyl (C=O) groups excluding carboxylic acids is 1. The second kappa shape index (κ2) is 6.29. The highest BCUT2D eigenvalue weighted by atomic mass is 32.1. The first-order valence-electron chi connectivity index (χ1n) is 5.92. The molecule has 4 nitrogen and oxygen atoms in total. The minimum absolute atomic E-state index is 0.175. The average Bonchev–Trinajstić information content (AvgIpc) is 2.91. The Bertz CT molecular complexity index is 625. The smallest absolute Gasteiger partial charge is 0.337 e. The molecule has 20 heavy (non-hydrogen) atoms. The summed E-state index contributed by atoms with van der Waals surface area (Å²) in [4.78, 5) is 23.8. The molecule has 0 saturated heterocycles. The number of hydrogen-bond donors (Lipinski definition) is 2. The van der Waals surface area contributed by atoms with E-state index in [4.69, 9.17) is 5.11 Å². The second-order valence-electron chi connectivity index (χ2n) is 4.10. The quantitative estimate of drug-likeness (QED) is 0.890. The lowest BCUT2D eigenvalue weighted by Gasteiger charge is -2.09. The number of hydrogen-bond acceptors (Lipinski definition) is 3. The molecule has 2 aromatic rings. The van der Waals surface area contributed by atoms with Crippen LogP contribution in [0.15, 0.2) is 35.7 Å². The molecule has 1 heterocycles. The first kappa shape index (κ1) is 14.2. The maximum absolute atomic E-state index is 13.6. The van der Waals surface area contributed by atoms with Crippen LogP contribution in [0.5, 0.6) is 0 Å². The van der Waals surface area contributed by atoms with E-state index < -0.39 is 17.7 Å². The number of carboxylic acids is 1. The third kappa shape index (κ3) is 3.42. The molecule has 2 N–H and O–H groups in total. The standard InChI is InChI=1S/C14H12FNO3S/c15-11-5-1-4-10(14(18)19)13(11)16-12(17)7-6-9-3-2-8-20-9/h1-5,8H,6-7H2,(H,16,17)(H,18,19). The number of aromatic carboxylic acids is 1. The Morgan fingerprint density at radius 3 is 2.70 bits per heavy atom. The predicted molar refractivity (Wildman–Crippen MR) is 74.6 cm³/mol. The number of carbonyl (C=O) groups is 2. The Morgan fingerprint density at radius 2 is 2.05 bits per heavy atom. The van der Waals surface area contributed by atoms with E-state index in [1.807, 2.05) is 17.5 Å². The van der Waals surface area contributed by atoms with Crippen molar-refractivity contribution in [1.82, 2.24) is 0 Å². The van der Waals surface area contributed by atoms with Gasteiger partial charge in [-0.15, -0.1) is 11.3 Å². The zero-order valence-corrected chi connectivity index (χ0v) is 11.2. The molecule has 2 rings (SSSR count). The van der Waals surface area contributed by atoms with Gasteiger partial charge in [0.05, 0.1) is 11.3 Å². The Morgan fingerprint density at radius 1 is 1.25 bits per heavy atom. The third-order valence-corrected chi connectivity index (χ3v) is 3.62. The van der Waals surface area contributed by atoms with Crippen LogP contribution in [0.3, 0.4) is 0 Å². The maximum Gasteiger partial charge on any atom is 0.337 e. The van der Waals surface area contributed by atoms with Crippen LogP contribution in [-0.4, -0.2) is 17.0 Å². The Kier molecular flexibility index (Phi) is 4.47. The van der Waals surface area contributed by atoms with E-state index in [0.29, 0.717) is 6.42 Å². The van der Waals surface area contributed by atoms with Gasteiger partial charge >= 0.3 is 5.97 Å². The maximum atomic E-state index is 13.6. The number of anilines is 1. The van der Waals surface area contributed by atoms with Gasteiger partial charge in [0, 0.05) is 11.3 Å². The van der Waals surface area contributed by atoms with Gasteiger partial charge in [0.1, 0.15) is 5.82 Å². The van der Waals surface area contributed by atoms with Crippen molar-refractivity contribution >= 4 is 28.9 Å². The number of para-hydroxylation sites is 1. The molecule has 0 atom stereocenters. The normalized spacial score (nSPS) is 10.2. The van der Waals surface area contributed by atoms with Gasteiger partial charge in [-0.1, -0.05) is 12.1 Å². The molecular weight excluding hydrogens is 281 g/mol. The second-order valence-corrected chi connectivity index (χ2v) is 5.13. The van der Waals surface area contributed by atoms with Crippen LogP contribution in [0.2, 0.25) is 0 Å². The van der Waals surface area contributed by atoms with Gasteiger partial charge in [0.25, 0.3) is 0 Å². The summed E-state index contributed by atoms with van der Waals surface area (Å²) in [5.41, 5.74) is -0.536. The fraction of sp³-hybridized carbons (Fsp3) is 0.143. The summed E-state index contributed by atoms with van der Waals surface area (Å²) in [7, 11) is 0. The molecule has 0 aliphatic heterocycles. The molecule has 0 bridgehead atoms. The van der Waals surface area contributed by atoms with Crippen molar-refractivity contribution in [2.75, 3.05) is 5.32 Å².